The highest BCUT2D eigenvalue weighted by atomic mass is 32.2. The van der Waals surface area contributed by atoms with Crippen molar-refractivity contribution in [2.75, 3.05) is 49.3 Å². The largest absolute Gasteiger partial charge is 0.378 e. The number of nitrogens with zero attached hydrogens (tertiary/aromatic N) is 3. The van der Waals surface area contributed by atoms with Crippen LogP contribution in [0, 0.1) is 0 Å². The minimum absolute atomic E-state index is 0.205. The number of anilines is 1. The smallest absolute Gasteiger partial charge is 0.266 e. The zero-order valence-corrected chi connectivity index (χ0v) is 10.4. The van der Waals surface area contributed by atoms with Gasteiger partial charge in [-0.25, -0.2) is 0 Å². The molecular formula is C10H16N4O2S. The molecule has 7 heteroatoms. The Morgan fingerprint density at radius 3 is 3.00 bits per heavy atom. The molecule has 0 spiro atoms. The predicted octanol–water partition coefficient (Wildman–Crippen LogP) is 0.284. The van der Waals surface area contributed by atoms with E-state index in [1.165, 1.54) is 0 Å². The highest BCUT2D eigenvalue weighted by Crippen LogP contribution is 2.22. The summed E-state index contributed by atoms with van der Waals surface area (Å²) in [5.41, 5.74) is 0. The molecule has 1 atom stereocenters. The van der Waals surface area contributed by atoms with Crippen molar-refractivity contribution in [3.63, 3.8) is 0 Å². The number of morpholine rings is 1. The molecule has 0 radical (unpaired) electrons. The van der Waals surface area contributed by atoms with Crippen LogP contribution in [0.15, 0.2) is 4.52 Å². The van der Waals surface area contributed by atoms with E-state index in [-0.39, 0.29) is 6.04 Å². The van der Waals surface area contributed by atoms with Crippen molar-refractivity contribution in [1.82, 2.24) is 15.5 Å². The quantitative estimate of drug-likeness (QED) is 0.815. The van der Waals surface area contributed by atoms with Crippen molar-refractivity contribution < 1.29 is 9.26 Å². The number of ether oxygens (including phenoxy) is 1. The Morgan fingerprint density at radius 1 is 1.35 bits per heavy atom. The fourth-order valence-corrected chi connectivity index (χ4v) is 2.91. The molecule has 1 aromatic heterocycles. The van der Waals surface area contributed by atoms with Gasteiger partial charge in [0.15, 0.2) is 0 Å². The zero-order chi connectivity index (χ0) is 11.5. The maximum atomic E-state index is 5.34. The summed E-state index contributed by atoms with van der Waals surface area (Å²) in [6, 6.07) is 0.205. The van der Waals surface area contributed by atoms with Gasteiger partial charge in [0.05, 0.1) is 19.3 Å². The summed E-state index contributed by atoms with van der Waals surface area (Å²) in [6.07, 6.45) is 0. The summed E-state index contributed by atoms with van der Waals surface area (Å²) in [7, 11) is 0. The highest BCUT2D eigenvalue weighted by molar-refractivity contribution is 7.99. The van der Waals surface area contributed by atoms with Crippen molar-refractivity contribution >= 4 is 17.7 Å². The number of aromatic nitrogens is 2. The zero-order valence-electron chi connectivity index (χ0n) is 9.59. The Morgan fingerprint density at radius 2 is 2.24 bits per heavy atom. The molecule has 1 unspecified atom stereocenters. The number of hydrogen-bond donors (Lipinski definition) is 1. The minimum atomic E-state index is 0.205. The molecule has 0 bridgehead atoms. The van der Waals surface area contributed by atoms with Crippen LogP contribution in [0.5, 0.6) is 0 Å². The maximum absolute atomic E-state index is 5.34. The van der Waals surface area contributed by atoms with Crippen molar-refractivity contribution in [2.24, 2.45) is 0 Å². The Hall–Kier alpha value is -0.790. The molecule has 6 nitrogen and oxygen atoms in total. The second-order valence-electron chi connectivity index (χ2n) is 4.11. The first-order chi connectivity index (χ1) is 8.43. The average Bonchev–Trinajstić information content (AvgIpc) is 2.90. The minimum Gasteiger partial charge on any atom is -0.378 e. The summed E-state index contributed by atoms with van der Waals surface area (Å²) in [4.78, 5) is 6.58. The van der Waals surface area contributed by atoms with Gasteiger partial charge in [-0.3, -0.25) is 0 Å². The third-order valence-electron chi connectivity index (χ3n) is 2.94. The molecule has 0 saturated carbocycles. The van der Waals surface area contributed by atoms with Gasteiger partial charge in [-0.2, -0.15) is 16.7 Å². The lowest BCUT2D eigenvalue weighted by molar-refractivity contribution is 0.121. The third-order valence-corrected chi connectivity index (χ3v) is 4.01. The van der Waals surface area contributed by atoms with E-state index in [1.54, 1.807) is 0 Å². The Labute approximate surface area is 104 Å². The average molecular weight is 256 g/mol. The van der Waals surface area contributed by atoms with E-state index in [9.17, 15) is 0 Å². The summed E-state index contributed by atoms with van der Waals surface area (Å²) >= 11 is 1.92. The Bertz CT molecular complexity index is 328. The number of rotatable bonds is 2. The van der Waals surface area contributed by atoms with Crippen molar-refractivity contribution in [3.05, 3.63) is 5.89 Å². The van der Waals surface area contributed by atoms with E-state index in [4.69, 9.17) is 9.26 Å². The maximum Gasteiger partial charge on any atom is 0.266 e. The van der Waals surface area contributed by atoms with E-state index >= 15 is 0 Å². The monoisotopic (exact) mass is 256 g/mol. The van der Waals surface area contributed by atoms with Gasteiger partial charge in [0, 0.05) is 31.1 Å². The van der Waals surface area contributed by atoms with E-state index in [1.807, 2.05) is 11.8 Å². The van der Waals surface area contributed by atoms with Gasteiger partial charge < -0.3 is 19.5 Å². The predicted molar refractivity (Wildman–Crippen MR) is 65.4 cm³/mol. The number of hydrogen-bond acceptors (Lipinski definition) is 7. The molecule has 2 aliphatic rings. The second kappa shape index (κ2) is 5.24. The van der Waals surface area contributed by atoms with Gasteiger partial charge in [-0.05, 0) is 5.16 Å². The topological polar surface area (TPSA) is 63.4 Å². The molecule has 1 aromatic rings. The van der Waals surface area contributed by atoms with Gasteiger partial charge in [0.2, 0.25) is 5.89 Å². The SMILES string of the molecule is C1CSCC(c2nc(N3CCOCC3)no2)N1. The molecule has 17 heavy (non-hydrogen) atoms. The van der Waals surface area contributed by atoms with Crippen LogP contribution in [0.1, 0.15) is 11.9 Å². The number of thioether (sulfide) groups is 1. The fraction of sp³-hybridized carbons (Fsp3) is 0.800. The molecule has 94 valence electrons. The van der Waals surface area contributed by atoms with Gasteiger partial charge >= 0.3 is 0 Å². The van der Waals surface area contributed by atoms with Crippen LogP contribution in [0.25, 0.3) is 0 Å². The Balaban J connectivity index is 1.68. The van der Waals surface area contributed by atoms with Crippen LogP contribution in [0.3, 0.4) is 0 Å². The summed E-state index contributed by atoms with van der Waals surface area (Å²) in [5.74, 6) is 3.56. The van der Waals surface area contributed by atoms with Crippen molar-refractivity contribution in [1.29, 1.82) is 0 Å². The van der Waals surface area contributed by atoms with E-state index in [2.05, 4.69) is 20.4 Å². The lowest BCUT2D eigenvalue weighted by atomic mass is 10.3. The lowest BCUT2D eigenvalue weighted by Gasteiger charge is -2.24. The number of nitrogens with one attached hydrogen (secondary N) is 1. The summed E-state index contributed by atoms with van der Waals surface area (Å²) in [6.45, 7) is 4.16. The van der Waals surface area contributed by atoms with E-state index in [0.29, 0.717) is 11.8 Å². The van der Waals surface area contributed by atoms with Crippen LogP contribution in [0.2, 0.25) is 0 Å². The van der Waals surface area contributed by atoms with Crippen LogP contribution < -0.4 is 10.2 Å². The van der Waals surface area contributed by atoms with Gasteiger partial charge in [-0.1, -0.05) is 0 Å². The lowest BCUT2D eigenvalue weighted by Crippen LogP contribution is -2.37. The van der Waals surface area contributed by atoms with Gasteiger partial charge in [0.1, 0.15) is 0 Å². The third kappa shape index (κ3) is 2.56. The van der Waals surface area contributed by atoms with E-state index in [0.717, 1.165) is 44.4 Å². The highest BCUT2D eigenvalue weighted by Gasteiger charge is 2.23. The Kier molecular flexibility index (Phi) is 3.49. The fourth-order valence-electron chi connectivity index (χ4n) is 1.98. The van der Waals surface area contributed by atoms with Crippen LogP contribution in [-0.2, 0) is 4.74 Å². The first-order valence-corrected chi connectivity index (χ1v) is 7.06. The molecule has 0 aliphatic carbocycles. The molecule has 2 aliphatic heterocycles. The van der Waals surface area contributed by atoms with Crippen LogP contribution >= 0.6 is 11.8 Å². The second-order valence-corrected chi connectivity index (χ2v) is 5.26. The van der Waals surface area contributed by atoms with Crippen molar-refractivity contribution in [3.8, 4) is 0 Å². The first-order valence-electron chi connectivity index (χ1n) is 5.91. The molecule has 1 N–H and O–H groups in total. The van der Waals surface area contributed by atoms with Gasteiger partial charge in [-0.15, -0.1) is 0 Å². The summed E-state index contributed by atoms with van der Waals surface area (Å²) < 4.78 is 10.6. The van der Waals surface area contributed by atoms with E-state index < -0.39 is 0 Å². The molecule has 2 fully saturated rings. The molecule has 0 aromatic carbocycles. The molecule has 3 rings (SSSR count). The summed E-state index contributed by atoms with van der Waals surface area (Å²) in [5, 5.41) is 7.44. The van der Waals surface area contributed by atoms with Gasteiger partial charge in [0.25, 0.3) is 5.95 Å². The molecular weight excluding hydrogens is 240 g/mol. The van der Waals surface area contributed by atoms with Crippen LogP contribution in [-0.4, -0.2) is 54.5 Å². The van der Waals surface area contributed by atoms with Crippen LogP contribution in [0.4, 0.5) is 5.95 Å². The normalized spacial score (nSPS) is 26.1. The first kappa shape index (κ1) is 11.3. The molecule has 3 heterocycles. The molecule has 0 amide bonds. The standard InChI is InChI=1S/C10H16N4O2S/c1-6-17-7-8(11-1)9-12-10(13-16-9)14-2-4-15-5-3-14/h8,11H,1-7H2. The molecule has 2 saturated heterocycles. The van der Waals surface area contributed by atoms with Crippen molar-refractivity contribution in [2.45, 2.75) is 6.04 Å².